The van der Waals surface area contributed by atoms with E-state index in [1.807, 2.05) is 6.07 Å². The van der Waals surface area contributed by atoms with Gasteiger partial charge in [0.15, 0.2) is 0 Å². The topological polar surface area (TPSA) is 55.8 Å². The Morgan fingerprint density at radius 2 is 1.64 bits per heavy atom. The summed E-state index contributed by atoms with van der Waals surface area (Å²) in [6.07, 6.45) is 6.68. The van der Waals surface area contributed by atoms with Crippen molar-refractivity contribution in [2.24, 2.45) is 0 Å². The lowest BCUT2D eigenvalue weighted by molar-refractivity contribution is -0.307. The minimum atomic E-state index is -0.591. The second kappa shape index (κ2) is 10.8. The summed E-state index contributed by atoms with van der Waals surface area (Å²) in [5, 5.41) is 0.684. The molecule has 5 nitrogen and oxygen atoms in total. The number of benzene rings is 1. The zero-order chi connectivity index (χ0) is 16.2. The molecule has 0 spiro atoms. The van der Waals surface area contributed by atoms with Crippen molar-refractivity contribution < 1.29 is 19.3 Å². The third kappa shape index (κ3) is 7.22. The number of hydrogen-bond acceptors (Lipinski definition) is 4. The molecule has 0 aliphatic carbocycles. The fourth-order valence-electron chi connectivity index (χ4n) is 1.96. The van der Waals surface area contributed by atoms with E-state index in [0.29, 0.717) is 17.4 Å². The molecule has 5 heteroatoms. The molecule has 0 radical (unpaired) electrons. The highest BCUT2D eigenvalue weighted by Gasteiger charge is 2.20. The van der Waals surface area contributed by atoms with Crippen molar-refractivity contribution in [1.29, 1.82) is 0 Å². The van der Waals surface area contributed by atoms with Gasteiger partial charge in [-0.3, -0.25) is 4.79 Å². The van der Waals surface area contributed by atoms with E-state index < -0.39 is 11.9 Å². The van der Waals surface area contributed by atoms with Crippen molar-refractivity contribution in [1.82, 2.24) is 5.23 Å². The Morgan fingerprint density at radius 1 is 1.00 bits per heavy atom. The predicted octanol–water partition coefficient (Wildman–Crippen LogP) is 3.90. The highest BCUT2D eigenvalue weighted by Crippen LogP contribution is 2.09. The van der Waals surface area contributed by atoms with Gasteiger partial charge in [-0.15, -0.1) is 0 Å². The van der Waals surface area contributed by atoms with Crippen molar-refractivity contribution in [2.45, 2.75) is 52.4 Å². The molecule has 0 atom stereocenters. The minimum absolute atomic E-state index is 0.345. The first-order valence-electron chi connectivity index (χ1n) is 7.86. The maximum Gasteiger partial charge on any atom is 0.332 e. The average Bonchev–Trinajstić information content (AvgIpc) is 2.52. The van der Waals surface area contributed by atoms with E-state index in [-0.39, 0.29) is 0 Å². The van der Waals surface area contributed by atoms with Crippen LogP contribution in [0, 0.1) is 0 Å². The smallest absolute Gasteiger partial charge is 0.312 e. The molecule has 1 amide bonds. The van der Waals surface area contributed by atoms with Crippen LogP contribution >= 0.6 is 0 Å². The number of unbranched alkanes of at least 4 members (excludes halogenated alkanes) is 5. The minimum Gasteiger partial charge on any atom is -0.312 e. The van der Waals surface area contributed by atoms with Crippen LogP contribution in [0.1, 0.15) is 62.7 Å². The van der Waals surface area contributed by atoms with Gasteiger partial charge in [-0.2, -0.15) is 0 Å². The molecule has 0 aliphatic heterocycles. The molecule has 0 aliphatic rings. The van der Waals surface area contributed by atoms with Gasteiger partial charge in [-0.25, -0.2) is 9.63 Å². The first-order valence-corrected chi connectivity index (χ1v) is 7.86. The SMILES string of the molecule is CCCCCCCCON(OC(C)=O)C(=O)c1ccccc1. The van der Waals surface area contributed by atoms with Crippen LogP contribution in [0.3, 0.4) is 0 Å². The molecule has 0 fully saturated rings. The Bertz CT molecular complexity index is 447. The molecule has 0 saturated heterocycles. The van der Waals surface area contributed by atoms with Gasteiger partial charge < -0.3 is 4.84 Å². The van der Waals surface area contributed by atoms with E-state index in [2.05, 4.69) is 6.92 Å². The van der Waals surface area contributed by atoms with Crippen molar-refractivity contribution >= 4 is 11.9 Å². The lowest BCUT2D eigenvalue weighted by Gasteiger charge is -2.19. The highest BCUT2D eigenvalue weighted by atomic mass is 17.0. The molecular formula is C17H25NO4. The first kappa shape index (κ1) is 18.2. The Kier molecular flexibility index (Phi) is 8.91. The zero-order valence-electron chi connectivity index (χ0n) is 13.4. The van der Waals surface area contributed by atoms with Gasteiger partial charge in [-0.1, -0.05) is 57.2 Å². The summed E-state index contributed by atoms with van der Waals surface area (Å²) >= 11 is 0. The standard InChI is InChI=1S/C17H25NO4/c1-3-4-5-6-7-11-14-21-18(22-15(2)19)17(20)16-12-9-8-10-13-16/h8-10,12-13H,3-7,11,14H2,1-2H3. The lowest BCUT2D eigenvalue weighted by atomic mass is 10.1. The van der Waals surface area contributed by atoms with Crippen molar-refractivity contribution in [2.75, 3.05) is 6.61 Å². The number of hydroxylamine groups is 2. The van der Waals surface area contributed by atoms with Crippen LogP contribution in [0.4, 0.5) is 0 Å². The maximum absolute atomic E-state index is 12.2. The molecule has 0 N–H and O–H groups in total. The molecule has 0 bridgehead atoms. The third-order valence-electron chi connectivity index (χ3n) is 3.10. The van der Waals surface area contributed by atoms with Gasteiger partial charge in [0.05, 0.1) is 6.61 Å². The van der Waals surface area contributed by atoms with Crippen LogP contribution in [0.5, 0.6) is 0 Å². The maximum atomic E-state index is 12.2. The average molecular weight is 307 g/mol. The molecule has 1 aromatic carbocycles. The van der Waals surface area contributed by atoms with Crippen molar-refractivity contribution in [3.05, 3.63) is 35.9 Å². The summed E-state index contributed by atoms with van der Waals surface area (Å²) in [7, 11) is 0. The Labute approximate surface area is 132 Å². The van der Waals surface area contributed by atoms with Crippen LogP contribution in [0.25, 0.3) is 0 Å². The summed E-state index contributed by atoms with van der Waals surface area (Å²) in [4.78, 5) is 33.5. The van der Waals surface area contributed by atoms with Crippen LogP contribution in [-0.4, -0.2) is 23.7 Å². The Hall–Kier alpha value is -1.88. The van der Waals surface area contributed by atoms with Gasteiger partial charge in [0, 0.05) is 12.5 Å². The molecule has 0 heterocycles. The molecular weight excluding hydrogens is 282 g/mol. The monoisotopic (exact) mass is 307 g/mol. The summed E-state index contributed by atoms with van der Waals surface area (Å²) in [5.41, 5.74) is 0.409. The van der Waals surface area contributed by atoms with Crippen LogP contribution in [0.15, 0.2) is 30.3 Å². The van der Waals surface area contributed by atoms with Crippen LogP contribution < -0.4 is 0 Å². The highest BCUT2D eigenvalue weighted by molar-refractivity contribution is 5.93. The fraction of sp³-hybridized carbons (Fsp3) is 0.529. The zero-order valence-corrected chi connectivity index (χ0v) is 13.4. The fourth-order valence-corrected chi connectivity index (χ4v) is 1.96. The molecule has 1 aromatic rings. The second-order valence-electron chi connectivity index (χ2n) is 5.11. The first-order chi connectivity index (χ1) is 10.6. The van der Waals surface area contributed by atoms with Crippen LogP contribution in [0.2, 0.25) is 0 Å². The number of rotatable bonds is 9. The number of carbonyl (C=O) groups is 2. The molecule has 122 valence electrons. The number of carbonyl (C=O) groups excluding carboxylic acids is 2. The summed E-state index contributed by atoms with van der Waals surface area (Å²) in [6, 6.07) is 8.59. The molecule has 0 saturated carbocycles. The van der Waals surface area contributed by atoms with E-state index in [0.717, 1.165) is 19.3 Å². The van der Waals surface area contributed by atoms with E-state index >= 15 is 0 Å². The van der Waals surface area contributed by atoms with Crippen molar-refractivity contribution in [3.63, 3.8) is 0 Å². The third-order valence-corrected chi connectivity index (χ3v) is 3.10. The molecule has 0 unspecified atom stereocenters. The van der Waals surface area contributed by atoms with E-state index in [9.17, 15) is 9.59 Å². The molecule has 1 rings (SSSR count). The molecule has 0 aromatic heterocycles. The number of amides is 1. The van der Waals surface area contributed by atoms with E-state index in [1.165, 1.54) is 26.2 Å². The van der Waals surface area contributed by atoms with Crippen molar-refractivity contribution in [3.8, 4) is 0 Å². The predicted molar refractivity (Wildman–Crippen MR) is 83.7 cm³/mol. The Morgan fingerprint density at radius 3 is 2.27 bits per heavy atom. The summed E-state index contributed by atoms with van der Waals surface area (Å²) in [5.74, 6) is -1.07. The van der Waals surface area contributed by atoms with Gasteiger partial charge in [0.1, 0.15) is 0 Å². The van der Waals surface area contributed by atoms with Crippen LogP contribution in [-0.2, 0) is 14.5 Å². The normalized spacial score (nSPS) is 10.3. The van der Waals surface area contributed by atoms with Gasteiger partial charge in [0.25, 0.3) is 0 Å². The Balaban J connectivity index is 2.41. The van der Waals surface area contributed by atoms with E-state index in [4.69, 9.17) is 9.68 Å². The second-order valence-corrected chi connectivity index (χ2v) is 5.11. The largest absolute Gasteiger partial charge is 0.332 e. The van der Waals surface area contributed by atoms with Gasteiger partial charge in [-0.05, 0) is 23.8 Å². The summed E-state index contributed by atoms with van der Waals surface area (Å²) < 4.78 is 0. The molecule has 22 heavy (non-hydrogen) atoms. The quantitative estimate of drug-likeness (QED) is 0.513. The van der Waals surface area contributed by atoms with Gasteiger partial charge in [0.2, 0.25) is 0 Å². The lowest BCUT2D eigenvalue weighted by Crippen LogP contribution is -2.33. The summed E-state index contributed by atoms with van der Waals surface area (Å²) in [6.45, 7) is 3.76. The number of nitrogens with zero attached hydrogens (tertiary/aromatic N) is 1. The van der Waals surface area contributed by atoms with E-state index in [1.54, 1.807) is 24.3 Å². The number of hydrogen-bond donors (Lipinski definition) is 0. The van der Waals surface area contributed by atoms with Gasteiger partial charge >= 0.3 is 11.9 Å².